The van der Waals surface area contributed by atoms with Gasteiger partial charge < -0.3 is 19.9 Å². The number of rotatable bonds is 8. The van der Waals surface area contributed by atoms with Crippen LogP contribution in [0.25, 0.3) is 0 Å². The summed E-state index contributed by atoms with van der Waals surface area (Å²) in [5, 5.41) is 3.48. The summed E-state index contributed by atoms with van der Waals surface area (Å²) in [6, 6.07) is 10.9. The molecule has 4 fully saturated rings. The van der Waals surface area contributed by atoms with E-state index in [2.05, 4.69) is 20.2 Å². The minimum atomic E-state index is -1.25. The lowest BCUT2D eigenvalue weighted by Gasteiger charge is -2.62. The Bertz CT molecular complexity index is 1360. The fourth-order valence-corrected chi connectivity index (χ4v) is 8.85. The lowest BCUT2D eigenvalue weighted by molar-refractivity contribution is -0.215. The summed E-state index contributed by atoms with van der Waals surface area (Å²) in [4.78, 5) is 40.7. The van der Waals surface area contributed by atoms with E-state index < -0.39 is 24.2 Å². The van der Waals surface area contributed by atoms with E-state index in [1.165, 1.54) is 19.3 Å². The zero-order chi connectivity index (χ0) is 30.2. The molecule has 9 unspecified atom stereocenters. The third-order valence-corrected chi connectivity index (χ3v) is 11.0. The van der Waals surface area contributed by atoms with Gasteiger partial charge in [-0.05, 0) is 61.8 Å². The molecule has 2 aliphatic heterocycles. The second-order valence-corrected chi connectivity index (χ2v) is 13.5. The molecule has 3 aliphatic carbocycles. The first-order chi connectivity index (χ1) is 21.5. The van der Waals surface area contributed by atoms with Crippen molar-refractivity contribution in [3.8, 4) is 0 Å². The standard InChI is InChI=1S/C35H44FN5O3/c1-40(19-15-24-10-5-7-17-38-24)35(43)27-21-41-31-25-11-3-2-8-22(25)12-13-29(31)44-34-30(28(36)20-26(32(34)41)33(27)42)39-18-14-23-9-4-6-16-37-23/h4-7,9-10,16-17,21-22,25-26,28-32,34,39H,2-3,8,11-15,18-20H2,1H3. The number of hydrogen-bond acceptors (Lipinski definition) is 7. The minimum absolute atomic E-state index is 0.0377. The number of aromatic nitrogens is 2. The van der Waals surface area contributed by atoms with Gasteiger partial charge in [0.25, 0.3) is 5.91 Å². The van der Waals surface area contributed by atoms with E-state index in [0.717, 1.165) is 30.7 Å². The Hall–Kier alpha value is -3.17. The number of likely N-dealkylation sites (N-methyl/N-ethyl adjacent to an activating group) is 1. The highest BCUT2D eigenvalue weighted by Crippen LogP contribution is 2.51. The molecular weight excluding hydrogens is 557 g/mol. The lowest BCUT2D eigenvalue weighted by Crippen LogP contribution is -2.74. The van der Waals surface area contributed by atoms with Crippen LogP contribution >= 0.6 is 0 Å². The topological polar surface area (TPSA) is 87.7 Å². The van der Waals surface area contributed by atoms with Gasteiger partial charge in [0.15, 0.2) is 5.78 Å². The maximum atomic E-state index is 16.1. The second kappa shape index (κ2) is 12.7. The molecule has 2 aromatic rings. The summed E-state index contributed by atoms with van der Waals surface area (Å²) in [5.41, 5.74) is 2.05. The molecule has 1 N–H and O–H groups in total. The number of Topliss-reactive ketones (excluding diaryl/α,β-unsaturated/α-hetero) is 1. The molecular formula is C35H44FN5O3. The molecule has 7 rings (SSSR count). The van der Waals surface area contributed by atoms with Gasteiger partial charge in [-0.1, -0.05) is 31.4 Å². The molecule has 5 aliphatic rings. The molecule has 44 heavy (non-hydrogen) atoms. The largest absolute Gasteiger partial charge is 0.369 e. The number of fused-ring (bicyclic) bond motifs is 4. The van der Waals surface area contributed by atoms with E-state index in [4.69, 9.17) is 4.74 Å². The molecule has 0 aromatic carbocycles. The number of pyridine rings is 2. The maximum Gasteiger partial charge on any atom is 0.258 e. The van der Waals surface area contributed by atoms with E-state index in [9.17, 15) is 9.59 Å². The van der Waals surface area contributed by atoms with Crippen LogP contribution in [-0.2, 0) is 27.2 Å². The number of carbonyl (C=O) groups is 2. The van der Waals surface area contributed by atoms with Crippen LogP contribution in [0, 0.1) is 17.8 Å². The summed E-state index contributed by atoms with van der Waals surface area (Å²) in [5.74, 6) is -0.0310. The molecule has 0 bridgehead atoms. The first-order valence-electron chi connectivity index (χ1n) is 16.6. The van der Waals surface area contributed by atoms with Crippen LogP contribution < -0.4 is 5.32 Å². The van der Waals surface area contributed by atoms with Crippen LogP contribution in [0.1, 0.15) is 56.3 Å². The first-order valence-corrected chi connectivity index (χ1v) is 16.6. The number of amides is 1. The molecule has 0 radical (unpaired) electrons. The number of halogens is 1. The highest BCUT2D eigenvalue weighted by atomic mass is 19.1. The summed E-state index contributed by atoms with van der Waals surface area (Å²) < 4.78 is 23.0. The van der Waals surface area contributed by atoms with Gasteiger partial charge in [-0.15, -0.1) is 0 Å². The number of alkyl halides is 1. The van der Waals surface area contributed by atoms with Crippen molar-refractivity contribution in [2.24, 2.45) is 17.8 Å². The zero-order valence-corrected chi connectivity index (χ0v) is 25.6. The van der Waals surface area contributed by atoms with Gasteiger partial charge in [-0.2, -0.15) is 0 Å². The van der Waals surface area contributed by atoms with Gasteiger partial charge in [-0.3, -0.25) is 19.6 Å². The van der Waals surface area contributed by atoms with Gasteiger partial charge in [0.2, 0.25) is 0 Å². The minimum Gasteiger partial charge on any atom is -0.369 e. The number of carbonyl (C=O) groups excluding carboxylic acids is 2. The van der Waals surface area contributed by atoms with Crippen LogP contribution in [0.2, 0.25) is 0 Å². The van der Waals surface area contributed by atoms with Crippen molar-refractivity contribution in [1.82, 2.24) is 25.1 Å². The molecule has 9 atom stereocenters. The van der Waals surface area contributed by atoms with Gasteiger partial charge >= 0.3 is 0 Å². The second-order valence-electron chi connectivity index (χ2n) is 13.5. The van der Waals surface area contributed by atoms with Gasteiger partial charge in [0.05, 0.1) is 35.9 Å². The van der Waals surface area contributed by atoms with Crippen molar-refractivity contribution in [2.75, 3.05) is 20.1 Å². The highest BCUT2D eigenvalue weighted by molar-refractivity contribution is 6.20. The SMILES string of the molecule is CN(CCc1ccccn1)C(=O)C1=CN2C3C(CCC4CCCCC43)OC3C(NCCc4ccccn4)C(F)CC(C1=O)C32. The van der Waals surface area contributed by atoms with Crippen LogP contribution in [-0.4, -0.2) is 88.1 Å². The van der Waals surface area contributed by atoms with Crippen molar-refractivity contribution in [1.29, 1.82) is 0 Å². The Morgan fingerprint density at radius 3 is 2.52 bits per heavy atom. The third kappa shape index (κ3) is 5.58. The Morgan fingerprint density at radius 2 is 1.77 bits per heavy atom. The molecule has 1 amide bonds. The van der Waals surface area contributed by atoms with Gasteiger partial charge in [0.1, 0.15) is 6.17 Å². The summed E-state index contributed by atoms with van der Waals surface area (Å²) in [6.45, 7) is 1.03. The molecule has 2 aromatic heterocycles. The Labute approximate surface area is 259 Å². The summed E-state index contributed by atoms with van der Waals surface area (Å²) >= 11 is 0. The van der Waals surface area contributed by atoms with Crippen LogP contribution in [0.3, 0.4) is 0 Å². The Morgan fingerprint density at radius 1 is 1.02 bits per heavy atom. The Balaban J connectivity index is 1.17. The van der Waals surface area contributed by atoms with Crippen LogP contribution in [0.4, 0.5) is 4.39 Å². The average molecular weight is 602 g/mol. The van der Waals surface area contributed by atoms with Crippen LogP contribution in [0.15, 0.2) is 60.6 Å². The molecule has 4 heterocycles. The average Bonchev–Trinajstić information content (AvgIpc) is 3.06. The van der Waals surface area contributed by atoms with Crippen LogP contribution in [0.5, 0.6) is 0 Å². The summed E-state index contributed by atoms with van der Waals surface area (Å²) in [7, 11) is 1.74. The third-order valence-electron chi connectivity index (χ3n) is 11.0. The molecule has 8 nitrogen and oxygen atoms in total. The monoisotopic (exact) mass is 601 g/mol. The zero-order valence-electron chi connectivity index (χ0n) is 25.6. The smallest absolute Gasteiger partial charge is 0.258 e. The molecule has 3 saturated carbocycles. The molecule has 1 saturated heterocycles. The fraction of sp³-hybridized carbons (Fsp3) is 0.600. The highest BCUT2D eigenvalue weighted by Gasteiger charge is 2.60. The number of morpholine rings is 1. The van der Waals surface area contributed by atoms with E-state index in [1.807, 2.05) is 42.6 Å². The quantitative estimate of drug-likeness (QED) is 0.459. The first kappa shape index (κ1) is 29.5. The van der Waals surface area contributed by atoms with Crippen molar-refractivity contribution in [3.63, 3.8) is 0 Å². The van der Waals surface area contributed by atoms with Crippen molar-refractivity contribution < 1.29 is 18.7 Å². The normalized spacial score (nSPS) is 34.3. The number of ketones is 1. The van der Waals surface area contributed by atoms with Crippen molar-refractivity contribution >= 4 is 11.7 Å². The van der Waals surface area contributed by atoms with Gasteiger partial charge in [-0.25, -0.2) is 4.39 Å². The van der Waals surface area contributed by atoms with E-state index >= 15 is 4.39 Å². The fourth-order valence-electron chi connectivity index (χ4n) is 8.85. The maximum absolute atomic E-state index is 16.1. The molecule has 9 heteroatoms. The predicted octanol–water partition coefficient (Wildman–Crippen LogP) is 3.91. The molecule has 0 spiro atoms. The van der Waals surface area contributed by atoms with Crippen molar-refractivity contribution in [2.45, 2.75) is 94.3 Å². The lowest BCUT2D eigenvalue weighted by atomic mass is 9.63. The van der Waals surface area contributed by atoms with E-state index in [1.54, 1.807) is 24.3 Å². The van der Waals surface area contributed by atoms with E-state index in [-0.39, 0.29) is 41.9 Å². The van der Waals surface area contributed by atoms with Gasteiger partial charge in [0, 0.05) is 68.9 Å². The predicted molar refractivity (Wildman–Crippen MR) is 164 cm³/mol. The Kier molecular flexibility index (Phi) is 8.51. The number of ether oxygens (including phenoxy) is 1. The summed E-state index contributed by atoms with van der Waals surface area (Å²) in [6.07, 6.45) is 11.9. The van der Waals surface area contributed by atoms with Crippen molar-refractivity contribution in [3.05, 3.63) is 72.0 Å². The number of hydrogen-bond donors (Lipinski definition) is 1. The molecule has 234 valence electrons. The number of nitrogens with zero attached hydrogens (tertiary/aromatic N) is 4. The van der Waals surface area contributed by atoms with E-state index in [0.29, 0.717) is 37.8 Å². The number of nitrogens with one attached hydrogen (secondary N) is 1.